The maximum Gasteiger partial charge on any atom is 0.339 e. The van der Waals surface area contributed by atoms with Gasteiger partial charge in [0.05, 0.1) is 6.61 Å². The molecule has 0 aromatic heterocycles. The van der Waals surface area contributed by atoms with Crippen molar-refractivity contribution in [1.29, 1.82) is 0 Å². The molecule has 0 radical (unpaired) electrons. The zero-order valence-electron chi connectivity index (χ0n) is 16.1. The molecule has 0 aliphatic heterocycles. The SMILES string of the molecule is [2H]CC(=O)O[C@@H]([C@H](OC(=O)C[2H])[C@@H](OC(=O)C[2H])C(=O)Br)[C@H](O)C(=O)OCC. The van der Waals surface area contributed by atoms with Crippen molar-refractivity contribution in [3.8, 4) is 0 Å². The summed E-state index contributed by atoms with van der Waals surface area (Å²) < 4.78 is 38.7. The Hall–Kier alpha value is -2.01. The highest BCUT2D eigenvalue weighted by atomic mass is 79.9. The van der Waals surface area contributed by atoms with Crippen LogP contribution in [0, 0.1) is 0 Å². The minimum Gasteiger partial charge on any atom is -0.464 e. The van der Waals surface area contributed by atoms with E-state index in [1.807, 2.05) is 0 Å². The fourth-order valence-corrected chi connectivity index (χ4v) is 2.02. The lowest BCUT2D eigenvalue weighted by Crippen LogP contribution is -2.54. The summed E-state index contributed by atoms with van der Waals surface area (Å²) >= 11 is 2.49. The van der Waals surface area contributed by atoms with Gasteiger partial charge in [-0.3, -0.25) is 19.2 Å². The lowest BCUT2D eigenvalue weighted by Gasteiger charge is -2.31. The van der Waals surface area contributed by atoms with Gasteiger partial charge in [-0.15, -0.1) is 0 Å². The molecule has 0 spiro atoms. The molecule has 0 saturated heterocycles. The molecule has 0 heterocycles. The average molecular weight is 430 g/mol. The van der Waals surface area contributed by atoms with E-state index in [9.17, 15) is 29.1 Å². The molecule has 0 bridgehead atoms. The number of carbonyl (C=O) groups is 5. The number of hydrogen-bond donors (Lipinski definition) is 1. The summed E-state index contributed by atoms with van der Waals surface area (Å²) in [6.07, 6.45) is -8.52. The van der Waals surface area contributed by atoms with Crippen LogP contribution >= 0.6 is 15.9 Å². The molecule has 0 aliphatic carbocycles. The standard InChI is InChI=1S/C14H19BrO10/c1-5-22-14(21)9(19)10(23-6(2)16)11(24-7(3)17)12(13(15)20)25-8(4)18/h9-12,19H,5H2,1-4H3/t9-,10+,11-,12+/m0/s1/i2D,3D,4D. The minimum absolute atomic E-state index is 0.180. The van der Waals surface area contributed by atoms with Crippen LogP contribution < -0.4 is 0 Å². The molecular weight excluding hydrogens is 408 g/mol. The molecule has 25 heavy (non-hydrogen) atoms. The minimum atomic E-state index is -2.29. The Labute approximate surface area is 156 Å². The Morgan fingerprint density at radius 3 is 1.88 bits per heavy atom. The number of esters is 4. The van der Waals surface area contributed by atoms with E-state index in [2.05, 4.69) is 20.7 Å². The van der Waals surface area contributed by atoms with E-state index >= 15 is 0 Å². The fourth-order valence-electron chi connectivity index (χ4n) is 1.66. The largest absolute Gasteiger partial charge is 0.464 e. The van der Waals surface area contributed by atoms with Crippen molar-refractivity contribution in [2.24, 2.45) is 0 Å². The number of rotatable bonds is 9. The number of halogens is 1. The third-order valence-corrected chi connectivity index (χ3v) is 2.93. The fraction of sp³-hybridized carbons (Fsp3) is 0.643. The van der Waals surface area contributed by atoms with Crippen LogP contribution in [0.1, 0.15) is 31.7 Å². The van der Waals surface area contributed by atoms with E-state index in [-0.39, 0.29) is 6.61 Å². The second-order valence-corrected chi connectivity index (χ2v) is 5.10. The summed E-state index contributed by atoms with van der Waals surface area (Å²) in [6, 6.07) is 0. The van der Waals surface area contributed by atoms with Crippen molar-refractivity contribution in [3.63, 3.8) is 0 Å². The number of aliphatic hydroxyl groups is 1. The lowest BCUT2D eigenvalue weighted by molar-refractivity contribution is -0.197. The molecule has 0 aromatic rings. The summed E-state index contributed by atoms with van der Waals surface area (Å²) in [4.78, 5) is 58.3. The Balaban J connectivity index is 6.12. The van der Waals surface area contributed by atoms with Gasteiger partial charge >= 0.3 is 23.9 Å². The van der Waals surface area contributed by atoms with Gasteiger partial charge in [0, 0.05) is 24.8 Å². The first kappa shape index (κ1) is 17.8. The average Bonchev–Trinajstić information content (AvgIpc) is 2.67. The Morgan fingerprint density at radius 2 is 1.44 bits per heavy atom. The highest BCUT2D eigenvalue weighted by Gasteiger charge is 2.46. The topological polar surface area (TPSA) is 142 Å². The highest BCUT2D eigenvalue weighted by molar-refractivity contribution is 9.18. The molecule has 1 N–H and O–H groups in total. The molecule has 11 heteroatoms. The molecule has 0 unspecified atom stereocenters. The lowest BCUT2D eigenvalue weighted by atomic mass is 10.0. The first-order valence-electron chi connectivity index (χ1n) is 8.75. The Kier molecular flexibility index (Phi) is 7.67. The van der Waals surface area contributed by atoms with Gasteiger partial charge in [0.15, 0.2) is 18.3 Å². The molecule has 0 amide bonds. The summed E-state index contributed by atoms with van der Waals surface area (Å²) in [7, 11) is 0. The van der Waals surface area contributed by atoms with Gasteiger partial charge in [-0.05, 0) is 22.9 Å². The quantitative estimate of drug-likeness (QED) is 0.292. The molecular formula is C14H19BrO10. The summed E-state index contributed by atoms with van der Waals surface area (Å²) in [6.45, 7) is -1.60. The van der Waals surface area contributed by atoms with Crippen LogP contribution in [0.25, 0.3) is 0 Å². The van der Waals surface area contributed by atoms with Crippen molar-refractivity contribution < 1.29 is 52.1 Å². The van der Waals surface area contributed by atoms with Crippen LogP contribution in [0.3, 0.4) is 0 Å². The smallest absolute Gasteiger partial charge is 0.339 e. The maximum absolute atomic E-state index is 11.9. The second-order valence-electron chi connectivity index (χ2n) is 4.32. The van der Waals surface area contributed by atoms with E-state index in [1.54, 1.807) is 0 Å². The molecule has 0 aliphatic rings. The maximum atomic E-state index is 11.9. The molecule has 0 rings (SSSR count). The van der Waals surface area contributed by atoms with E-state index < -0.39 is 73.7 Å². The van der Waals surface area contributed by atoms with Crippen LogP contribution in [-0.2, 0) is 42.9 Å². The summed E-state index contributed by atoms with van der Waals surface area (Å²) in [5, 5.41) is 10.2. The monoisotopic (exact) mass is 429 g/mol. The van der Waals surface area contributed by atoms with Crippen molar-refractivity contribution in [2.75, 3.05) is 6.61 Å². The first-order chi connectivity index (χ1) is 13.1. The van der Waals surface area contributed by atoms with E-state index in [0.717, 1.165) is 0 Å². The van der Waals surface area contributed by atoms with Crippen LogP contribution in [0.4, 0.5) is 0 Å². The van der Waals surface area contributed by atoms with Crippen LogP contribution in [0.5, 0.6) is 0 Å². The molecule has 4 atom stereocenters. The van der Waals surface area contributed by atoms with E-state index in [4.69, 9.17) is 18.3 Å². The third-order valence-electron chi connectivity index (χ3n) is 2.48. The van der Waals surface area contributed by atoms with E-state index in [0.29, 0.717) is 0 Å². The van der Waals surface area contributed by atoms with E-state index in [1.165, 1.54) is 6.92 Å². The van der Waals surface area contributed by atoms with Gasteiger partial charge < -0.3 is 24.1 Å². The number of carbonyl (C=O) groups excluding carboxylic acids is 5. The normalized spacial score (nSPS) is 16.7. The molecule has 10 nitrogen and oxygen atoms in total. The third kappa shape index (κ3) is 8.07. The Bertz CT molecular complexity index is 588. The van der Waals surface area contributed by atoms with Crippen molar-refractivity contribution in [3.05, 3.63) is 0 Å². The Morgan fingerprint density at radius 1 is 0.960 bits per heavy atom. The second kappa shape index (κ2) is 10.8. The van der Waals surface area contributed by atoms with Gasteiger partial charge in [-0.25, -0.2) is 4.79 Å². The number of aliphatic hydroxyl groups excluding tert-OH is 1. The first-order valence-corrected chi connectivity index (χ1v) is 7.42. The van der Waals surface area contributed by atoms with Crippen LogP contribution in [-0.4, -0.2) is 64.7 Å². The predicted octanol–water partition coefficient (Wildman–Crippen LogP) is -0.373. The highest BCUT2D eigenvalue weighted by Crippen LogP contribution is 2.20. The van der Waals surface area contributed by atoms with Gasteiger partial charge in [-0.2, -0.15) is 0 Å². The van der Waals surface area contributed by atoms with Gasteiger partial charge in [-0.1, -0.05) is 0 Å². The van der Waals surface area contributed by atoms with Crippen molar-refractivity contribution >= 4 is 44.5 Å². The van der Waals surface area contributed by atoms with Crippen molar-refractivity contribution in [2.45, 2.75) is 52.0 Å². The summed E-state index contributed by atoms with van der Waals surface area (Å²) in [5.74, 6) is -5.09. The predicted molar refractivity (Wildman–Crippen MR) is 83.2 cm³/mol. The molecule has 0 fully saturated rings. The number of hydrogen-bond acceptors (Lipinski definition) is 10. The van der Waals surface area contributed by atoms with Crippen molar-refractivity contribution in [1.82, 2.24) is 0 Å². The molecule has 0 saturated carbocycles. The summed E-state index contributed by atoms with van der Waals surface area (Å²) in [5.41, 5.74) is 0. The zero-order chi connectivity index (χ0) is 21.9. The van der Waals surface area contributed by atoms with Crippen LogP contribution in [0.2, 0.25) is 0 Å². The van der Waals surface area contributed by atoms with Gasteiger partial charge in [0.1, 0.15) is 0 Å². The molecule has 0 aromatic carbocycles. The van der Waals surface area contributed by atoms with Gasteiger partial charge in [0.25, 0.3) is 0 Å². The number of ether oxygens (including phenoxy) is 4. The van der Waals surface area contributed by atoms with Gasteiger partial charge in [0.2, 0.25) is 10.8 Å². The molecule has 142 valence electrons. The zero-order valence-corrected chi connectivity index (χ0v) is 14.7. The van der Waals surface area contributed by atoms with Crippen LogP contribution in [0.15, 0.2) is 0 Å².